The maximum Gasteiger partial charge on any atom is 0.303 e. The molecule has 0 heterocycles. The van der Waals surface area contributed by atoms with Crippen LogP contribution in [0.5, 0.6) is 0 Å². The Morgan fingerprint density at radius 3 is 2.43 bits per heavy atom. The highest BCUT2D eigenvalue weighted by molar-refractivity contribution is 6.13. The first-order chi connectivity index (χ1) is 9.73. The summed E-state index contributed by atoms with van der Waals surface area (Å²) in [5, 5.41) is 0. The lowest BCUT2D eigenvalue weighted by Gasteiger charge is -2.42. The van der Waals surface area contributed by atoms with Crippen LogP contribution in [0.3, 0.4) is 0 Å². The molecule has 2 aliphatic rings. The number of esters is 1. The molecule has 3 unspecified atom stereocenters. The standard InChI is InChI=1S/C17H22O4/c1-8(2)12-7-13(19)10(4)15-14(20)6-9(3)17(16(12)15)21-11(5)18/h6,8,12,16-17H,7H2,1-5H3. The molecule has 0 aliphatic heterocycles. The molecule has 0 aromatic heterocycles. The van der Waals surface area contributed by atoms with E-state index in [0.717, 1.165) is 5.57 Å². The minimum absolute atomic E-state index is 0.0214. The number of rotatable bonds is 2. The van der Waals surface area contributed by atoms with E-state index in [1.807, 2.05) is 20.8 Å². The molecule has 0 spiro atoms. The Kier molecular flexibility index (Phi) is 4.17. The SMILES string of the molecule is CC(=O)OC1C(C)=CC(=O)C2=C(C)C(=O)CC(C(C)C)C21. The molecule has 0 N–H and O–H groups in total. The third kappa shape index (κ3) is 2.71. The van der Waals surface area contributed by atoms with E-state index in [1.54, 1.807) is 6.92 Å². The minimum Gasteiger partial charge on any atom is -0.457 e. The van der Waals surface area contributed by atoms with E-state index in [1.165, 1.54) is 13.0 Å². The van der Waals surface area contributed by atoms with Crippen LogP contribution in [0, 0.1) is 17.8 Å². The summed E-state index contributed by atoms with van der Waals surface area (Å²) in [5.41, 5.74) is 1.83. The smallest absolute Gasteiger partial charge is 0.303 e. The number of ketones is 2. The summed E-state index contributed by atoms with van der Waals surface area (Å²) >= 11 is 0. The Labute approximate surface area is 125 Å². The van der Waals surface area contributed by atoms with Gasteiger partial charge in [-0.05, 0) is 42.9 Å². The van der Waals surface area contributed by atoms with Crippen molar-refractivity contribution < 1.29 is 19.1 Å². The van der Waals surface area contributed by atoms with E-state index in [2.05, 4.69) is 0 Å². The van der Waals surface area contributed by atoms with Crippen LogP contribution < -0.4 is 0 Å². The molecule has 114 valence electrons. The van der Waals surface area contributed by atoms with Crippen LogP contribution in [-0.4, -0.2) is 23.6 Å². The Morgan fingerprint density at radius 1 is 1.29 bits per heavy atom. The molecule has 0 bridgehead atoms. The first kappa shape index (κ1) is 15.7. The van der Waals surface area contributed by atoms with E-state index in [-0.39, 0.29) is 35.3 Å². The number of Topliss-reactive ketones (excluding diaryl/α,β-unsaturated/α-hetero) is 1. The fourth-order valence-corrected chi connectivity index (χ4v) is 3.48. The van der Waals surface area contributed by atoms with Crippen LogP contribution >= 0.6 is 0 Å². The number of fused-ring (bicyclic) bond motifs is 1. The van der Waals surface area contributed by atoms with Crippen molar-refractivity contribution in [1.82, 2.24) is 0 Å². The normalized spacial score (nSPS) is 29.4. The predicted molar refractivity (Wildman–Crippen MR) is 78.5 cm³/mol. The number of carbonyl (C=O) groups excluding carboxylic acids is 3. The highest BCUT2D eigenvalue weighted by Crippen LogP contribution is 2.44. The van der Waals surface area contributed by atoms with Gasteiger partial charge in [-0.1, -0.05) is 13.8 Å². The molecule has 0 saturated heterocycles. The van der Waals surface area contributed by atoms with Gasteiger partial charge in [-0.3, -0.25) is 14.4 Å². The molecule has 3 atom stereocenters. The molecule has 0 aromatic rings. The van der Waals surface area contributed by atoms with Gasteiger partial charge >= 0.3 is 5.97 Å². The Balaban J connectivity index is 2.59. The van der Waals surface area contributed by atoms with Crippen LogP contribution in [0.1, 0.15) is 41.0 Å². The quantitative estimate of drug-likeness (QED) is 0.733. The second-order valence-corrected chi connectivity index (χ2v) is 6.38. The lowest BCUT2D eigenvalue weighted by Crippen LogP contribution is -2.44. The fourth-order valence-electron chi connectivity index (χ4n) is 3.48. The highest BCUT2D eigenvalue weighted by Gasteiger charge is 2.46. The Bertz CT molecular complexity index is 565. The molecular formula is C17H22O4. The second-order valence-electron chi connectivity index (χ2n) is 6.38. The number of allylic oxidation sites excluding steroid dienone is 2. The summed E-state index contributed by atoms with van der Waals surface area (Å²) in [5.74, 6) is -0.394. The predicted octanol–water partition coefficient (Wildman–Crippen LogP) is 2.62. The van der Waals surface area contributed by atoms with Crippen molar-refractivity contribution in [3.63, 3.8) is 0 Å². The van der Waals surface area contributed by atoms with Gasteiger partial charge in [-0.25, -0.2) is 0 Å². The first-order valence-electron chi connectivity index (χ1n) is 7.37. The van der Waals surface area contributed by atoms with Gasteiger partial charge in [0, 0.05) is 24.8 Å². The second kappa shape index (κ2) is 5.58. The minimum atomic E-state index is -0.439. The van der Waals surface area contributed by atoms with Crippen molar-refractivity contribution in [1.29, 1.82) is 0 Å². The van der Waals surface area contributed by atoms with Crippen molar-refractivity contribution in [2.24, 2.45) is 17.8 Å². The molecule has 4 heteroatoms. The third-order valence-electron chi connectivity index (χ3n) is 4.59. The molecule has 0 fully saturated rings. The number of hydrogen-bond acceptors (Lipinski definition) is 4. The third-order valence-corrected chi connectivity index (χ3v) is 4.59. The molecule has 21 heavy (non-hydrogen) atoms. The monoisotopic (exact) mass is 290 g/mol. The van der Waals surface area contributed by atoms with Crippen LogP contribution in [-0.2, 0) is 19.1 Å². The summed E-state index contributed by atoms with van der Waals surface area (Å²) in [6, 6.07) is 0. The summed E-state index contributed by atoms with van der Waals surface area (Å²) in [6.45, 7) is 8.97. The largest absolute Gasteiger partial charge is 0.457 e. The zero-order chi connectivity index (χ0) is 15.9. The summed E-state index contributed by atoms with van der Waals surface area (Å²) < 4.78 is 5.48. The maximum atomic E-state index is 12.4. The van der Waals surface area contributed by atoms with Gasteiger partial charge in [0.2, 0.25) is 0 Å². The summed E-state index contributed by atoms with van der Waals surface area (Å²) in [4.78, 5) is 36.0. The number of ether oxygens (including phenoxy) is 1. The van der Waals surface area contributed by atoms with Gasteiger partial charge in [0.05, 0.1) is 0 Å². The molecule has 0 amide bonds. The van der Waals surface area contributed by atoms with E-state index < -0.39 is 6.10 Å². The summed E-state index contributed by atoms with van der Waals surface area (Å²) in [6.07, 6.45) is 1.47. The van der Waals surface area contributed by atoms with Gasteiger partial charge < -0.3 is 4.74 Å². The van der Waals surface area contributed by atoms with E-state index in [4.69, 9.17) is 4.74 Å². The van der Waals surface area contributed by atoms with E-state index in [9.17, 15) is 14.4 Å². The average molecular weight is 290 g/mol. The number of carbonyl (C=O) groups is 3. The lowest BCUT2D eigenvalue weighted by atomic mass is 9.64. The average Bonchev–Trinajstić information content (AvgIpc) is 2.36. The molecule has 0 radical (unpaired) electrons. The molecule has 4 nitrogen and oxygen atoms in total. The van der Waals surface area contributed by atoms with Crippen molar-refractivity contribution in [3.8, 4) is 0 Å². The van der Waals surface area contributed by atoms with Crippen molar-refractivity contribution in [2.75, 3.05) is 0 Å². The van der Waals surface area contributed by atoms with Gasteiger partial charge in [0.1, 0.15) is 6.10 Å². The van der Waals surface area contributed by atoms with E-state index >= 15 is 0 Å². The van der Waals surface area contributed by atoms with Gasteiger partial charge in [-0.15, -0.1) is 0 Å². The lowest BCUT2D eigenvalue weighted by molar-refractivity contribution is -0.148. The van der Waals surface area contributed by atoms with Crippen molar-refractivity contribution >= 4 is 17.5 Å². The summed E-state index contributed by atoms with van der Waals surface area (Å²) in [7, 11) is 0. The first-order valence-corrected chi connectivity index (χ1v) is 7.37. The Hall–Kier alpha value is -1.71. The maximum absolute atomic E-state index is 12.4. The van der Waals surface area contributed by atoms with Gasteiger partial charge in [0.25, 0.3) is 0 Å². The molecule has 2 aliphatic carbocycles. The van der Waals surface area contributed by atoms with Gasteiger partial charge in [0.15, 0.2) is 11.6 Å². The fraction of sp³-hybridized carbons (Fsp3) is 0.588. The van der Waals surface area contributed by atoms with Crippen molar-refractivity contribution in [2.45, 2.75) is 47.1 Å². The van der Waals surface area contributed by atoms with E-state index in [0.29, 0.717) is 17.6 Å². The zero-order valence-electron chi connectivity index (χ0n) is 13.2. The van der Waals surface area contributed by atoms with Crippen LogP contribution in [0.15, 0.2) is 22.8 Å². The zero-order valence-corrected chi connectivity index (χ0v) is 13.2. The highest BCUT2D eigenvalue weighted by atomic mass is 16.5. The molecule has 0 aromatic carbocycles. The van der Waals surface area contributed by atoms with Crippen LogP contribution in [0.25, 0.3) is 0 Å². The van der Waals surface area contributed by atoms with Crippen molar-refractivity contribution in [3.05, 3.63) is 22.8 Å². The molecular weight excluding hydrogens is 268 g/mol. The van der Waals surface area contributed by atoms with Crippen LogP contribution in [0.2, 0.25) is 0 Å². The topological polar surface area (TPSA) is 60.4 Å². The van der Waals surface area contributed by atoms with Crippen LogP contribution in [0.4, 0.5) is 0 Å². The molecule has 0 saturated carbocycles. The Morgan fingerprint density at radius 2 is 1.90 bits per heavy atom. The number of hydrogen-bond donors (Lipinski definition) is 0. The van der Waals surface area contributed by atoms with Gasteiger partial charge in [-0.2, -0.15) is 0 Å². The molecule has 2 rings (SSSR count).